The number of aryl methyl sites for hydroxylation is 1. The quantitative estimate of drug-likeness (QED) is 0.750. The van der Waals surface area contributed by atoms with Crippen LogP contribution in [0.5, 0.6) is 0 Å². The number of hydrogen-bond acceptors (Lipinski definition) is 5. The van der Waals surface area contributed by atoms with Crippen molar-refractivity contribution in [3.63, 3.8) is 0 Å². The van der Waals surface area contributed by atoms with Crippen LogP contribution in [0.2, 0.25) is 5.02 Å². The van der Waals surface area contributed by atoms with Crippen LogP contribution in [-0.2, 0) is 9.59 Å². The summed E-state index contributed by atoms with van der Waals surface area (Å²) >= 11 is 7.32. The average Bonchev–Trinajstić information content (AvgIpc) is 3.36. The molecule has 0 spiro atoms. The number of amides is 1. The van der Waals surface area contributed by atoms with Gasteiger partial charge in [-0.3, -0.25) is 14.5 Å². The zero-order chi connectivity index (χ0) is 18.8. The molecule has 2 N–H and O–H groups in total. The SMILES string of the molecule is Cc1sc(NC(=O)CN(C2CC2)C(C)C(=O)O)nc1-c1ccc(Cl)cc1. The summed E-state index contributed by atoms with van der Waals surface area (Å²) in [5.74, 6) is -1.17. The monoisotopic (exact) mass is 393 g/mol. The van der Waals surface area contributed by atoms with E-state index < -0.39 is 12.0 Å². The first-order chi connectivity index (χ1) is 12.3. The second-order valence-electron chi connectivity index (χ2n) is 6.40. The number of carbonyl (C=O) groups excluding carboxylic acids is 1. The third-order valence-electron chi connectivity index (χ3n) is 4.36. The summed E-state index contributed by atoms with van der Waals surface area (Å²) in [6, 6.07) is 6.87. The molecule has 1 heterocycles. The molecular weight excluding hydrogens is 374 g/mol. The van der Waals surface area contributed by atoms with Crippen LogP contribution in [-0.4, -0.2) is 45.5 Å². The maximum Gasteiger partial charge on any atom is 0.320 e. The molecule has 8 heteroatoms. The van der Waals surface area contributed by atoms with Crippen molar-refractivity contribution in [2.75, 3.05) is 11.9 Å². The van der Waals surface area contributed by atoms with Crippen LogP contribution < -0.4 is 5.32 Å². The molecule has 1 amide bonds. The Balaban J connectivity index is 1.68. The first-order valence-electron chi connectivity index (χ1n) is 8.37. The lowest BCUT2D eigenvalue weighted by Gasteiger charge is -2.25. The van der Waals surface area contributed by atoms with Crippen LogP contribution in [0.3, 0.4) is 0 Å². The fourth-order valence-corrected chi connectivity index (χ4v) is 3.76. The van der Waals surface area contributed by atoms with Crippen molar-refractivity contribution < 1.29 is 14.7 Å². The van der Waals surface area contributed by atoms with Gasteiger partial charge in [0.05, 0.1) is 12.2 Å². The van der Waals surface area contributed by atoms with Gasteiger partial charge in [-0.25, -0.2) is 4.98 Å². The zero-order valence-corrected chi connectivity index (χ0v) is 16.1. The van der Waals surface area contributed by atoms with Crippen molar-refractivity contribution in [1.82, 2.24) is 9.88 Å². The van der Waals surface area contributed by atoms with Crippen molar-refractivity contribution in [2.45, 2.75) is 38.8 Å². The van der Waals surface area contributed by atoms with E-state index >= 15 is 0 Å². The topological polar surface area (TPSA) is 82.5 Å². The van der Waals surface area contributed by atoms with E-state index in [9.17, 15) is 14.7 Å². The predicted molar refractivity (Wildman–Crippen MR) is 103 cm³/mol. The number of aliphatic carboxylic acids is 1. The molecule has 1 unspecified atom stereocenters. The maximum atomic E-state index is 12.4. The van der Waals surface area contributed by atoms with Crippen LogP contribution in [0.15, 0.2) is 24.3 Å². The number of anilines is 1. The van der Waals surface area contributed by atoms with E-state index in [0.717, 1.165) is 29.0 Å². The zero-order valence-electron chi connectivity index (χ0n) is 14.5. The Morgan fingerprint density at radius 3 is 2.62 bits per heavy atom. The van der Waals surface area contributed by atoms with E-state index in [1.807, 2.05) is 19.1 Å². The Bertz CT molecular complexity index is 818. The number of benzene rings is 1. The van der Waals surface area contributed by atoms with Gasteiger partial charge in [0, 0.05) is 21.5 Å². The smallest absolute Gasteiger partial charge is 0.320 e. The van der Waals surface area contributed by atoms with Gasteiger partial charge in [0.15, 0.2) is 5.13 Å². The summed E-state index contributed by atoms with van der Waals surface area (Å²) in [6.07, 6.45) is 1.87. The van der Waals surface area contributed by atoms with Crippen LogP contribution in [0, 0.1) is 6.92 Å². The number of rotatable bonds is 7. The van der Waals surface area contributed by atoms with E-state index in [1.165, 1.54) is 11.3 Å². The molecule has 6 nitrogen and oxygen atoms in total. The highest BCUT2D eigenvalue weighted by molar-refractivity contribution is 7.16. The summed E-state index contributed by atoms with van der Waals surface area (Å²) < 4.78 is 0. The minimum absolute atomic E-state index is 0.0487. The molecule has 0 saturated heterocycles. The van der Waals surface area contributed by atoms with Gasteiger partial charge in [0.2, 0.25) is 5.91 Å². The number of halogens is 1. The molecule has 1 aromatic heterocycles. The standard InChI is InChI=1S/C18H20ClN3O3S/c1-10(17(24)25)22(14-7-8-14)9-15(23)20-18-21-16(11(2)26-18)12-3-5-13(19)6-4-12/h3-6,10,14H,7-9H2,1-2H3,(H,24,25)(H,20,21,23). The number of carboxylic acid groups (broad SMARTS) is 1. The predicted octanol–water partition coefficient (Wildman–Crippen LogP) is 3.65. The molecule has 0 aliphatic heterocycles. The highest BCUT2D eigenvalue weighted by Crippen LogP contribution is 2.32. The second kappa shape index (κ2) is 7.73. The van der Waals surface area contributed by atoms with Gasteiger partial charge in [-0.1, -0.05) is 23.7 Å². The molecule has 3 rings (SSSR count). The van der Waals surface area contributed by atoms with E-state index in [1.54, 1.807) is 24.0 Å². The highest BCUT2D eigenvalue weighted by atomic mass is 35.5. The Hall–Kier alpha value is -1.96. The van der Waals surface area contributed by atoms with Gasteiger partial charge < -0.3 is 10.4 Å². The molecule has 1 saturated carbocycles. The molecule has 1 atom stereocenters. The first-order valence-corrected chi connectivity index (χ1v) is 9.56. The lowest BCUT2D eigenvalue weighted by Crippen LogP contribution is -2.44. The largest absolute Gasteiger partial charge is 0.480 e. The summed E-state index contributed by atoms with van der Waals surface area (Å²) in [5, 5.41) is 13.2. The number of carboxylic acids is 1. The summed E-state index contributed by atoms with van der Waals surface area (Å²) in [5.41, 5.74) is 1.74. The highest BCUT2D eigenvalue weighted by Gasteiger charge is 2.36. The average molecular weight is 394 g/mol. The summed E-state index contributed by atoms with van der Waals surface area (Å²) in [6.45, 7) is 3.60. The molecule has 138 valence electrons. The van der Waals surface area contributed by atoms with E-state index in [-0.39, 0.29) is 18.5 Å². The number of thiazole rings is 1. The van der Waals surface area contributed by atoms with Gasteiger partial charge in [-0.2, -0.15) is 0 Å². The minimum Gasteiger partial charge on any atom is -0.480 e. The van der Waals surface area contributed by atoms with Gasteiger partial charge in [-0.15, -0.1) is 11.3 Å². The molecule has 0 bridgehead atoms. The number of nitrogens with one attached hydrogen (secondary N) is 1. The molecular formula is C18H20ClN3O3S. The van der Waals surface area contributed by atoms with Gasteiger partial charge in [0.1, 0.15) is 6.04 Å². The number of hydrogen-bond donors (Lipinski definition) is 2. The van der Waals surface area contributed by atoms with Crippen molar-refractivity contribution >= 4 is 39.9 Å². The van der Waals surface area contributed by atoms with Gasteiger partial charge in [-0.05, 0) is 38.8 Å². The molecule has 2 aromatic rings. The molecule has 1 aliphatic carbocycles. The minimum atomic E-state index is -0.917. The van der Waals surface area contributed by atoms with Crippen LogP contribution >= 0.6 is 22.9 Å². The van der Waals surface area contributed by atoms with Gasteiger partial charge >= 0.3 is 5.97 Å². The lowest BCUT2D eigenvalue weighted by molar-refractivity contribution is -0.143. The molecule has 1 aliphatic rings. The molecule has 1 aromatic carbocycles. The van der Waals surface area contributed by atoms with Crippen LogP contribution in [0.4, 0.5) is 5.13 Å². The summed E-state index contributed by atoms with van der Waals surface area (Å²) in [4.78, 5) is 30.9. The van der Waals surface area contributed by atoms with Crippen molar-refractivity contribution in [1.29, 1.82) is 0 Å². The molecule has 1 fully saturated rings. The summed E-state index contributed by atoms with van der Waals surface area (Å²) in [7, 11) is 0. The number of nitrogens with zero attached hydrogens (tertiary/aromatic N) is 2. The first kappa shape index (κ1) is 18.8. The fourth-order valence-electron chi connectivity index (χ4n) is 2.78. The fraction of sp³-hybridized carbons (Fsp3) is 0.389. The van der Waals surface area contributed by atoms with E-state index in [2.05, 4.69) is 10.3 Å². The third kappa shape index (κ3) is 4.41. The Kier molecular flexibility index (Phi) is 5.60. The molecule has 0 radical (unpaired) electrons. The maximum absolute atomic E-state index is 12.4. The van der Waals surface area contributed by atoms with E-state index in [4.69, 9.17) is 11.6 Å². The van der Waals surface area contributed by atoms with Gasteiger partial charge in [0.25, 0.3) is 0 Å². The van der Waals surface area contributed by atoms with Crippen LogP contribution in [0.25, 0.3) is 11.3 Å². The Morgan fingerprint density at radius 2 is 2.04 bits per heavy atom. The molecule has 26 heavy (non-hydrogen) atoms. The third-order valence-corrected chi connectivity index (χ3v) is 5.50. The number of carbonyl (C=O) groups is 2. The van der Waals surface area contributed by atoms with Crippen LogP contribution in [0.1, 0.15) is 24.6 Å². The Morgan fingerprint density at radius 1 is 1.38 bits per heavy atom. The normalized spacial score (nSPS) is 15.1. The Labute approximate surface area is 160 Å². The van der Waals surface area contributed by atoms with E-state index in [0.29, 0.717) is 10.2 Å². The van der Waals surface area contributed by atoms with Crippen molar-refractivity contribution in [3.05, 3.63) is 34.2 Å². The number of aromatic nitrogens is 1. The lowest BCUT2D eigenvalue weighted by atomic mass is 10.1. The van der Waals surface area contributed by atoms with Crippen molar-refractivity contribution in [3.8, 4) is 11.3 Å². The second-order valence-corrected chi connectivity index (χ2v) is 8.04. The van der Waals surface area contributed by atoms with Crippen molar-refractivity contribution in [2.24, 2.45) is 0 Å².